The van der Waals surface area contributed by atoms with Crippen LogP contribution in [0.5, 0.6) is 0 Å². The summed E-state index contributed by atoms with van der Waals surface area (Å²) < 4.78 is 0. The normalized spacial score (nSPS) is 20.8. The molecule has 0 bridgehead atoms. The summed E-state index contributed by atoms with van der Waals surface area (Å²) in [5.74, 6) is -0.0155. The first-order chi connectivity index (χ1) is 9.52. The molecular formula is C14H19Cl2N3O. The smallest absolute Gasteiger partial charge is 0.255 e. The van der Waals surface area contributed by atoms with Crippen LogP contribution in [0.15, 0.2) is 12.3 Å². The molecule has 1 aliphatic heterocycles. The maximum absolute atomic E-state index is 12.7. The van der Waals surface area contributed by atoms with E-state index in [1.165, 1.54) is 6.20 Å². The number of carbonyl (C=O) groups excluding carboxylic acids is 1. The topological polar surface area (TPSA) is 36.4 Å². The molecule has 2 rings (SSSR count). The maximum atomic E-state index is 12.7. The van der Waals surface area contributed by atoms with Gasteiger partial charge in [-0.05, 0) is 32.5 Å². The van der Waals surface area contributed by atoms with E-state index in [4.69, 9.17) is 23.2 Å². The number of likely N-dealkylation sites (N-methyl/N-ethyl adjacent to an activating group) is 1. The first-order valence-electron chi connectivity index (χ1n) is 6.83. The van der Waals surface area contributed by atoms with Crippen LogP contribution in [0.25, 0.3) is 0 Å². The molecule has 0 radical (unpaired) electrons. The monoisotopic (exact) mass is 315 g/mol. The number of carbonyl (C=O) groups is 1. The van der Waals surface area contributed by atoms with Gasteiger partial charge in [-0.3, -0.25) is 4.79 Å². The lowest BCUT2D eigenvalue weighted by atomic mass is 10.1. The van der Waals surface area contributed by atoms with Crippen LogP contribution in [0.2, 0.25) is 10.2 Å². The van der Waals surface area contributed by atoms with Crippen molar-refractivity contribution in [1.29, 1.82) is 0 Å². The van der Waals surface area contributed by atoms with E-state index in [9.17, 15) is 4.79 Å². The molecule has 0 aromatic carbocycles. The third kappa shape index (κ3) is 3.43. The highest BCUT2D eigenvalue weighted by Crippen LogP contribution is 2.22. The summed E-state index contributed by atoms with van der Waals surface area (Å²) in [6.07, 6.45) is 3.41. The molecule has 1 aromatic heterocycles. The van der Waals surface area contributed by atoms with E-state index in [-0.39, 0.29) is 17.1 Å². The Morgan fingerprint density at radius 1 is 1.45 bits per heavy atom. The van der Waals surface area contributed by atoms with E-state index in [2.05, 4.69) is 23.9 Å². The van der Waals surface area contributed by atoms with Gasteiger partial charge in [-0.15, -0.1) is 0 Å². The van der Waals surface area contributed by atoms with E-state index in [1.54, 1.807) is 6.07 Å². The SMILES string of the molecule is CCC1CN(C)CCCN1C(=O)c1cnc(Cl)c(Cl)c1. The Kier molecular flexibility index (Phi) is 5.24. The lowest BCUT2D eigenvalue weighted by Gasteiger charge is -2.30. The second kappa shape index (κ2) is 6.74. The van der Waals surface area contributed by atoms with Crippen LogP contribution >= 0.6 is 23.2 Å². The van der Waals surface area contributed by atoms with Crippen molar-refractivity contribution in [2.75, 3.05) is 26.7 Å². The van der Waals surface area contributed by atoms with Crippen molar-refractivity contribution in [2.24, 2.45) is 0 Å². The number of aromatic nitrogens is 1. The standard InChI is InChI=1S/C14H19Cl2N3O/c1-3-11-9-18(2)5-4-6-19(11)14(20)10-7-12(15)13(16)17-8-10/h7-8,11H,3-6,9H2,1-2H3. The zero-order valence-corrected chi connectivity index (χ0v) is 13.3. The summed E-state index contributed by atoms with van der Waals surface area (Å²) in [6, 6.07) is 1.82. The third-order valence-corrected chi connectivity index (χ3v) is 4.36. The molecule has 110 valence electrons. The molecule has 6 heteroatoms. The van der Waals surface area contributed by atoms with E-state index in [0.717, 1.165) is 32.5 Å². The number of nitrogens with zero attached hydrogens (tertiary/aromatic N) is 3. The molecule has 1 saturated heterocycles. The molecule has 4 nitrogen and oxygen atoms in total. The highest BCUT2D eigenvalue weighted by Gasteiger charge is 2.27. The van der Waals surface area contributed by atoms with Gasteiger partial charge in [0.25, 0.3) is 5.91 Å². The summed E-state index contributed by atoms with van der Waals surface area (Å²) in [5, 5.41) is 0.545. The Bertz CT molecular complexity index is 495. The van der Waals surface area contributed by atoms with Crippen LogP contribution in [-0.4, -0.2) is 53.4 Å². The molecule has 1 aliphatic rings. The number of pyridine rings is 1. The predicted octanol–water partition coefficient (Wildman–Crippen LogP) is 2.94. The van der Waals surface area contributed by atoms with Crippen LogP contribution in [0, 0.1) is 0 Å². The van der Waals surface area contributed by atoms with Gasteiger partial charge >= 0.3 is 0 Å². The Morgan fingerprint density at radius 2 is 2.20 bits per heavy atom. The minimum absolute atomic E-state index is 0.0155. The number of rotatable bonds is 2. The fraction of sp³-hybridized carbons (Fsp3) is 0.571. The molecular weight excluding hydrogens is 297 g/mol. The lowest BCUT2D eigenvalue weighted by molar-refractivity contribution is 0.0675. The fourth-order valence-corrected chi connectivity index (χ4v) is 2.83. The predicted molar refractivity (Wildman–Crippen MR) is 81.5 cm³/mol. The molecule has 0 saturated carbocycles. The zero-order valence-electron chi connectivity index (χ0n) is 11.8. The Labute approximate surface area is 129 Å². The molecule has 20 heavy (non-hydrogen) atoms. The van der Waals surface area contributed by atoms with Crippen molar-refractivity contribution in [3.05, 3.63) is 28.0 Å². The van der Waals surface area contributed by atoms with Gasteiger partial charge in [0.15, 0.2) is 0 Å². The average molecular weight is 316 g/mol. The van der Waals surface area contributed by atoms with Gasteiger partial charge in [0.2, 0.25) is 0 Å². The van der Waals surface area contributed by atoms with E-state index in [1.807, 2.05) is 4.90 Å². The molecule has 0 spiro atoms. The molecule has 2 heterocycles. The molecule has 1 amide bonds. The largest absolute Gasteiger partial charge is 0.334 e. The van der Waals surface area contributed by atoms with Gasteiger partial charge in [0.1, 0.15) is 5.15 Å². The summed E-state index contributed by atoms with van der Waals surface area (Å²) in [7, 11) is 2.09. The molecule has 0 N–H and O–H groups in total. The summed E-state index contributed by atoms with van der Waals surface area (Å²) in [6.45, 7) is 4.79. The Balaban J connectivity index is 2.23. The van der Waals surface area contributed by atoms with Crippen LogP contribution in [0.1, 0.15) is 30.1 Å². The van der Waals surface area contributed by atoms with Crippen molar-refractivity contribution in [2.45, 2.75) is 25.8 Å². The van der Waals surface area contributed by atoms with Gasteiger partial charge in [0, 0.05) is 25.3 Å². The zero-order chi connectivity index (χ0) is 14.7. The molecule has 1 atom stereocenters. The van der Waals surface area contributed by atoms with E-state index < -0.39 is 0 Å². The fourth-order valence-electron chi connectivity index (χ4n) is 2.56. The van der Waals surface area contributed by atoms with Crippen molar-refractivity contribution < 1.29 is 4.79 Å². The van der Waals surface area contributed by atoms with Gasteiger partial charge in [-0.1, -0.05) is 30.1 Å². The Hall–Kier alpha value is -0.840. The van der Waals surface area contributed by atoms with Gasteiger partial charge in [-0.25, -0.2) is 4.98 Å². The highest BCUT2D eigenvalue weighted by atomic mass is 35.5. The summed E-state index contributed by atoms with van der Waals surface area (Å²) in [4.78, 5) is 20.8. The summed E-state index contributed by atoms with van der Waals surface area (Å²) >= 11 is 11.7. The van der Waals surface area contributed by atoms with Gasteiger partial charge < -0.3 is 9.80 Å². The van der Waals surface area contributed by atoms with Gasteiger partial charge in [-0.2, -0.15) is 0 Å². The maximum Gasteiger partial charge on any atom is 0.255 e. The van der Waals surface area contributed by atoms with Crippen LogP contribution in [0.3, 0.4) is 0 Å². The second-order valence-corrected chi connectivity index (χ2v) is 5.94. The molecule has 1 fully saturated rings. The first kappa shape index (κ1) is 15.5. The molecule has 1 unspecified atom stereocenters. The number of halogens is 2. The van der Waals surface area contributed by atoms with Crippen molar-refractivity contribution in [1.82, 2.24) is 14.8 Å². The van der Waals surface area contributed by atoms with Crippen LogP contribution in [-0.2, 0) is 0 Å². The van der Waals surface area contributed by atoms with Crippen LogP contribution in [0.4, 0.5) is 0 Å². The van der Waals surface area contributed by atoms with Crippen molar-refractivity contribution in [3.8, 4) is 0 Å². The molecule has 1 aromatic rings. The van der Waals surface area contributed by atoms with Crippen LogP contribution < -0.4 is 0 Å². The van der Waals surface area contributed by atoms with Crippen molar-refractivity contribution >= 4 is 29.1 Å². The number of hydrogen-bond acceptors (Lipinski definition) is 3. The summed E-state index contributed by atoms with van der Waals surface area (Å²) in [5.41, 5.74) is 0.502. The van der Waals surface area contributed by atoms with Crippen molar-refractivity contribution in [3.63, 3.8) is 0 Å². The quantitative estimate of drug-likeness (QED) is 0.787. The first-order valence-corrected chi connectivity index (χ1v) is 7.59. The second-order valence-electron chi connectivity index (χ2n) is 5.17. The highest BCUT2D eigenvalue weighted by molar-refractivity contribution is 6.41. The van der Waals surface area contributed by atoms with E-state index >= 15 is 0 Å². The molecule has 0 aliphatic carbocycles. The Morgan fingerprint density at radius 3 is 2.85 bits per heavy atom. The third-order valence-electron chi connectivity index (χ3n) is 3.68. The number of hydrogen-bond donors (Lipinski definition) is 0. The van der Waals surface area contributed by atoms with Gasteiger partial charge in [0.05, 0.1) is 10.6 Å². The van der Waals surface area contributed by atoms with E-state index in [0.29, 0.717) is 10.6 Å². The average Bonchev–Trinajstić information content (AvgIpc) is 2.62. The number of amides is 1. The minimum atomic E-state index is -0.0155. The minimum Gasteiger partial charge on any atom is -0.334 e. The lowest BCUT2D eigenvalue weighted by Crippen LogP contribution is -2.43.